The normalized spacial score (nSPS) is 19.4. The monoisotopic (exact) mass is 561 g/mol. The van der Waals surface area contributed by atoms with Crippen molar-refractivity contribution in [2.45, 2.75) is 26.7 Å². The lowest BCUT2D eigenvalue weighted by Gasteiger charge is -2.30. The first kappa shape index (κ1) is 26.8. The SMILES string of the molecule is CC1(C)CC(/C=C/C2=C([O-])c3cc4ccccc4cc3C2=O)=CC(=C/C=C/C2C(=O)c3cc4ccccc4cc3C2=O)/C1. The van der Waals surface area contributed by atoms with E-state index in [-0.39, 0.29) is 34.1 Å². The Labute approximate surface area is 250 Å². The van der Waals surface area contributed by atoms with Crippen molar-refractivity contribution in [3.63, 3.8) is 0 Å². The Kier molecular flexibility index (Phi) is 6.24. The summed E-state index contributed by atoms with van der Waals surface area (Å²) in [5.41, 5.74) is 4.09. The minimum absolute atomic E-state index is 0.0432. The molecule has 0 spiro atoms. The molecule has 0 amide bonds. The first-order valence-electron chi connectivity index (χ1n) is 14.5. The van der Waals surface area contributed by atoms with Gasteiger partial charge in [0.1, 0.15) is 5.92 Å². The van der Waals surface area contributed by atoms with Crippen LogP contribution in [0.5, 0.6) is 0 Å². The molecule has 4 aromatic rings. The van der Waals surface area contributed by atoms with Crippen LogP contribution in [-0.4, -0.2) is 17.3 Å². The topological polar surface area (TPSA) is 74.3 Å². The third-order valence-electron chi connectivity index (χ3n) is 8.66. The van der Waals surface area contributed by atoms with Gasteiger partial charge in [-0.1, -0.05) is 105 Å². The van der Waals surface area contributed by atoms with E-state index in [0.29, 0.717) is 22.3 Å². The smallest absolute Gasteiger partial charge is 0.193 e. The van der Waals surface area contributed by atoms with Crippen LogP contribution in [0.15, 0.2) is 126 Å². The molecule has 210 valence electrons. The molecule has 3 aliphatic carbocycles. The minimum Gasteiger partial charge on any atom is -0.872 e. The van der Waals surface area contributed by atoms with Crippen molar-refractivity contribution < 1.29 is 19.5 Å². The van der Waals surface area contributed by atoms with Gasteiger partial charge in [-0.3, -0.25) is 14.4 Å². The fraction of sp³-hybridized carbons (Fsp3) is 0.154. The van der Waals surface area contributed by atoms with Gasteiger partial charge in [-0.25, -0.2) is 0 Å². The summed E-state index contributed by atoms with van der Waals surface area (Å²) in [7, 11) is 0. The van der Waals surface area contributed by atoms with Gasteiger partial charge < -0.3 is 5.11 Å². The molecule has 0 aromatic heterocycles. The van der Waals surface area contributed by atoms with Gasteiger partial charge in [0, 0.05) is 22.3 Å². The van der Waals surface area contributed by atoms with Crippen molar-refractivity contribution in [2.75, 3.05) is 0 Å². The summed E-state index contributed by atoms with van der Waals surface area (Å²) < 4.78 is 0. The second kappa shape index (κ2) is 10.0. The number of rotatable bonds is 4. The number of benzene rings is 4. The van der Waals surface area contributed by atoms with Crippen LogP contribution in [0.25, 0.3) is 27.3 Å². The average Bonchev–Trinajstić information content (AvgIpc) is 3.36. The molecule has 4 nitrogen and oxygen atoms in total. The predicted molar refractivity (Wildman–Crippen MR) is 169 cm³/mol. The molecule has 0 radical (unpaired) electrons. The summed E-state index contributed by atoms with van der Waals surface area (Å²) in [5.74, 6) is -1.63. The number of ketones is 3. The lowest BCUT2D eigenvalue weighted by atomic mass is 9.75. The molecule has 0 bridgehead atoms. The molecule has 4 aromatic carbocycles. The van der Waals surface area contributed by atoms with E-state index in [1.54, 1.807) is 18.2 Å². The molecule has 0 heterocycles. The molecule has 3 aliphatic rings. The zero-order valence-corrected chi connectivity index (χ0v) is 24.0. The van der Waals surface area contributed by atoms with E-state index in [9.17, 15) is 19.5 Å². The Balaban J connectivity index is 1.13. The summed E-state index contributed by atoms with van der Waals surface area (Å²) in [6, 6.07) is 22.7. The van der Waals surface area contributed by atoms with Gasteiger partial charge in [-0.15, -0.1) is 0 Å². The standard InChI is InChI=1S/C39H30O4/c1-39(2)21-23(8-7-13-29-35(40)31-17-25-9-3-4-10-26(25)18-32(31)36(29)41)16-24(22-39)14-15-30-37(42)33-19-27-11-5-6-12-28(27)20-34(33)38(30)43/h3-20,29,42H,21-22H2,1-2H3/p-1/b13-7+,15-14+,23-8-. The van der Waals surface area contributed by atoms with Gasteiger partial charge in [0.25, 0.3) is 0 Å². The Bertz CT molecular complexity index is 2010. The molecular formula is C39H29O4-. The third kappa shape index (κ3) is 4.69. The summed E-state index contributed by atoms with van der Waals surface area (Å²) in [6.45, 7) is 4.36. The summed E-state index contributed by atoms with van der Waals surface area (Å²) >= 11 is 0. The maximum atomic E-state index is 13.2. The molecule has 0 atom stereocenters. The highest BCUT2D eigenvalue weighted by Crippen LogP contribution is 2.40. The van der Waals surface area contributed by atoms with Crippen molar-refractivity contribution in [2.24, 2.45) is 11.3 Å². The fourth-order valence-electron chi connectivity index (χ4n) is 6.64. The lowest BCUT2D eigenvalue weighted by Crippen LogP contribution is -2.16. The van der Waals surface area contributed by atoms with Gasteiger partial charge in [0.15, 0.2) is 17.3 Å². The van der Waals surface area contributed by atoms with Crippen LogP contribution in [0.2, 0.25) is 0 Å². The quantitative estimate of drug-likeness (QED) is 0.239. The van der Waals surface area contributed by atoms with Gasteiger partial charge >= 0.3 is 0 Å². The van der Waals surface area contributed by atoms with Crippen LogP contribution >= 0.6 is 0 Å². The van der Waals surface area contributed by atoms with Crippen molar-refractivity contribution in [1.29, 1.82) is 0 Å². The molecule has 43 heavy (non-hydrogen) atoms. The lowest BCUT2D eigenvalue weighted by molar-refractivity contribution is -0.244. The fourth-order valence-corrected chi connectivity index (χ4v) is 6.64. The highest BCUT2D eigenvalue weighted by Gasteiger charge is 2.37. The maximum Gasteiger partial charge on any atom is 0.193 e. The highest BCUT2D eigenvalue weighted by atomic mass is 16.3. The van der Waals surface area contributed by atoms with Crippen molar-refractivity contribution in [1.82, 2.24) is 0 Å². The van der Waals surface area contributed by atoms with Crippen LogP contribution in [0.4, 0.5) is 0 Å². The molecule has 7 rings (SSSR count). The number of Topliss-reactive ketones (excluding diaryl/α,β-unsaturated/α-hetero) is 3. The summed E-state index contributed by atoms with van der Waals surface area (Å²) in [6.07, 6.45) is 12.7. The van der Waals surface area contributed by atoms with E-state index in [4.69, 9.17) is 0 Å². The number of hydrogen-bond donors (Lipinski definition) is 0. The van der Waals surface area contributed by atoms with E-state index in [0.717, 1.165) is 45.5 Å². The van der Waals surface area contributed by atoms with Crippen LogP contribution in [0, 0.1) is 11.3 Å². The van der Waals surface area contributed by atoms with Crippen molar-refractivity contribution >= 4 is 44.7 Å². The number of hydrogen-bond acceptors (Lipinski definition) is 4. The van der Waals surface area contributed by atoms with Crippen molar-refractivity contribution in [3.05, 3.63) is 148 Å². The molecule has 0 unspecified atom stereocenters. The summed E-state index contributed by atoms with van der Waals surface area (Å²) in [5, 5.41) is 16.9. The zero-order valence-electron chi connectivity index (χ0n) is 24.0. The predicted octanol–water partition coefficient (Wildman–Crippen LogP) is 7.74. The van der Waals surface area contributed by atoms with Gasteiger partial charge in [-0.05, 0) is 80.8 Å². The number of allylic oxidation sites excluding steroid dienone is 9. The molecule has 0 saturated carbocycles. The molecule has 0 fully saturated rings. The highest BCUT2D eigenvalue weighted by molar-refractivity contribution is 6.28. The minimum atomic E-state index is -0.822. The Morgan fingerprint density at radius 2 is 1.26 bits per heavy atom. The molecule has 0 saturated heterocycles. The van der Waals surface area contributed by atoms with Crippen LogP contribution in [-0.2, 0) is 0 Å². The molecule has 4 heteroatoms. The van der Waals surface area contributed by atoms with Gasteiger partial charge in [0.2, 0.25) is 0 Å². The van der Waals surface area contributed by atoms with E-state index < -0.39 is 5.92 Å². The second-order valence-corrected chi connectivity index (χ2v) is 12.5. The summed E-state index contributed by atoms with van der Waals surface area (Å²) in [4.78, 5) is 39.4. The zero-order chi connectivity index (χ0) is 29.9. The maximum absolute atomic E-state index is 13.2. The van der Waals surface area contributed by atoms with E-state index in [2.05, 4.69) is 19.9 Å². The average molecular weight is 562 g/mol. The molecule has 0 aliphatic heterocycles. The van der Waals surface area contributed by atoms with E-state index in [1.807, 2.05) is 84.9 Å². The molecule has 0 N–H and O–H groups in total. The van der Waals surface area contributed by atoms with Crippen molar-refractivity contribution in [3.8, 4) is 0 Å². The Morgan fingerprint density at radius 3 is 1.84 bits per heavy atom. The van der Waals surface area contributed by atoms with E-state index in [1.165, 1.54) is 0 Å². The largest absolute Gasteiger partial charge is 0.872 e. The second-order valence-electron chi connectivity index (χ2n) is 12.5. The molecular weight excluding hydrogens is 532 g/mol. The van der Waals surface area contributed by atoms with E-state index >= 15 is 0 Å². The van der Waals surface area contributed by atoms with Gasteiger partial charge in [0.05, 0.1) is 0 Å². The van der Waals surface area contributed by atoms with Crippen LogP contribution < -0.4 is 5.11 Å². The Hall–Kier alpha value is -5.09. The van der Waals surface area contributed by atoms with Crippen LogP contribution in [0.1, 0.15) is 63.3 Å². The first-order valence-corrected chi connectivity index (χ1v) is 14.5. The first-order chi connectivity index (χ1) is 20.7. The van der Waals surface area contributed by atoms with Crippen LogP contribution in [0.3, 0.4) is 0 Å². The number of fused-ring (bicyclic) bond motifs is 4. The third-order valence-corrected chi connectivity index (χ3v) is 8.66. The van der Waals surface area contributed by atoms with Gasteiger partial charge in [-0.2, -0.15) is 0 Å². The number of carbonyl (C=O) groups is 3. The Morgan fingerprint density at radius 1 is 0.721 bits per heavy atom. The number of carbonyl (C=O) groups excluding carboxylic acids is 3.